The van der Waals surface area contributed by atoms with Crippen LogP contribution in [0.5, 0.6) is 0 Å². The Hall–Kier alpha value is -1.31. The molecule has 0 spiro atoms. The molecule has 1 aromatic rings. The molecule has 0 fully saturated rings. The van der Waals surface area contributed by atoms with Gasteiger partial charge in [-0.1, -0.05) is 30.3 Å². The lowest BCUT2D eigenvalue weighted by molar-refractivity contribution is 0.726. The minimum Gasteiger partial charge on any atom is -0.370 e. The van der Waals surface area contributed by atoms with Crippen molar-refractivity contribution in [2.24, 2.45) is 4.99 Å². The molecule has 0 radical (unpaired) electrons. The molecule has 0 aliphatic carbocycles. The Kier molecular flexibility index (Phi) is 3.33. The predicted molar refractivity (Wildman–Crippen MR) is 52.4 cm³/mol. The Morgan fingerprint density at radius 2 is 2.00 bits per heavy atom. The molecule has 0 aliphatic rings. The second-order valence-electron chi connectivity index (χ2n) is 2.69. The maximum atomic E-state index is 3.87. The third-order valence-corrected chi connectivity index (χ3v) is 1.75. The molecule has 0 saturated carbocycles. The van der Waals surface area contributed by atoms with E-state index in [-0.39, 0.29) is 0 Å². The molecular weight excluding hydrogens is 148 g/mol. The first kappa shape index (κ1) is 8.78. The minimum absolute atomic E-state index is 0.329. The highest BCUT2D eigenvalue weighted by atomic mass is 14.9. The van der Waals surface area contributed by atoms with Gasteiger partial charge >= 0.3 is 0 Å². The lowest BCUT2D eigenvalue weighted by Gasteiger charge is -2.10. The van der Waals surface area contributed by atoms with Crippen LogP contribution in [0.2, 0.25) is 0 Å². The standard InChI is InChI=1S/C10H14N2/c1-9(12-8-11-2)10-6-4-3-5-7-10/h3-9H,1-2H3,(H,11,12)/t9-/m0/s1. The fourth-order valence-corrected chi connectivity index (χ4v) is 1.02. The molecule has 1 rings (SSSR count). The monoisotopic (exact) mass is 162 g/mol. The van der Waals surface area contributed by atoms with Crippen molar-refractivity contribution >= 4 is 6.34 Å². The molecule has 64 valence electrons. The molecule has 12 heavy (non-hydrogen) atoms. The van der Waals surface area contributed by atoms with E-state index in [4.69, 9.17) is 0 Å². The van der Waals surface area contributed by atoms with Crippen molar-refractivity contribution in [3.63, 3.8) is 0 Å². The topological polar surface area (TPSA) is 24.4 Å². The molecule has 0 saturated heterocycles. The van der Waals surface area contributed by atoms with E-state index in [1.54, 1.807) is 13.4 Å². The van der Waals surface area contributed by atoms with Crippen LogP contribution in [0.4, 0.5) is 0 Å². The molecular formula is C10H14N2. The van der Waals surface area contributed by atoms with Crippen molar-refractivity contribution in [2.75, 3.05) is 7.05 Å². The molecule has 1 aromatic carbocycles. The van der Waals surface area contributed by atoms with Gasteiger partial charge < -0.3 is 5.32 Å². The van der Waals surface area contributed by atoms with E-state index in [9.17, 15) is 0 Å². The Morgan fingerprint density at radius 3 is 2.58 bits per heavy atom. The fourth-order valence-electron chi connectivity index (χ4n) is 1.02. The van der Waals surface area contributed by atoms with E-state index >= 15 is 0 Å². The zero-order valence-electron chi connectivity index (χ0n) is 7.49. The van der Waals surface area contributed by atoms with Crippen LogP contribution in [-0.2, 0) is 0 Å². The van der Waals surface area contributed by atoms with E-state index in [0.717, 1.165) is 0 Å². The largest absolute Gasteiger partial charge is 0.370 e. The van der Waals surface area contributed by atoms with E-state index in [0.29, 0.717) is 6.04 Å². The molecule has 0 aliphatic heterocycles. The van der Waals surface area contributed by atoms with Gasteiger partial charge in [0.05, 0.1) is 6.34 Å². The molecule has 0 amide bonds. The van der Waals surface area contributed by atoms with Crippen molar-refractivity contribution in [3.8, 4) is 0 Å². The zero-order valence-corrected chi connectivity index (χ0v) is 7.49. The summed E-state index contributed by atoms with van der Waals surface area (Å²) in [4.78, 5) is 3.87. The normalized spacial score (nSPS) is 13.2. The molecule has 0 aromatic heterocycles. The number of rotatable bonds is 3. The van der Waals surface area contributed by atoms with Crippen LogP contribution in [0.15, 0.2) is 35.3 Å². The Bertz CT molecular complexity index is 241. The number of nitrogens with one attached hydrogen (secondary N) is 1. The zero-order chi connectivity index (χ0) is 8.81. The molecule has 1 atom stereocenters. The van der Waals surface area contributed by atoms with Gasteiger partial charge in [-0.15, -0.1) is 0 Å². The van der Waals surface area contributed by atoms with Gasteiger partial charge in [0.1, 0.15) is 0 Å². The molecule has 1 N–H and O–H groups in total. The second-order valence-corrected chi connectivity index (χ2v) is 2.69. The average molecular weight is 162 g/mol. The predicted octanol–water partition coefficient (Wildman–Crippen LogP) is 2.00. The van der Waals surface area contributed by atoms with E-state index in [2.05, 4.69) is 29.4 Å². The summed E-state index contributed by atoms with van der Waals surface area (Å²) in [6.07, 6.45) is 1.72. The van der Waals surface area contributed by atoms with Crippen molar-refractivity contribution in [3.05, 3.63) is 35.9 Å². The van der Waals surface area contributed by atoms with Crippen LogP contribution in [0.1, 0.15) is 18.5 Å². The highest BCUT2D eigenvalue weighted by Gasteiger charge is 1.99. The second kappa shape index (κ2) is 4.54. The third kappa shape index (κ3) is 2.38. The van der Waals surface area contributed by atoms with Crippen LogP contribution >= 0.6 is 0 Å². The van der Waals surface area contributed by atoms with Gasteiger partial charge in [0, 0.05) is 13.1 Å². The van der Waals surface area contributed by atoms with Gasteiger partial charge in [-0.25, -0.2) is 0 Å². The highest BCUT2D eigenvalue weighted by Crippen LogP contribution is 2.09. The van der Waals surface area contributed by atoms with E-state index in [1.165, 1.54) is 5.56 Å². The summed E-state index contributed by atoms with van der Waals surface area (Å²) in [6, 6.07) is 10.6. The van der Waals surface area contributed by atoms with Gasteiger partial charge in [-0.05, 0) is 12.5 Å². The summed E-state index contributed by atoms with van der Waals surface area (Å²) in [5, 5.41) is 3.16. The van der Waals surface area contributed by atoms with Gasteiger partial charge in [-0.3, -0.25) is 4.99 Å². The maximum Gasteiger partial charge on any atom is 0.0825 e. The van der Waals surface area contributed by atoms with E-state index < -0.39 is 0 Å². The van der Waals surface area contributed by atoms with Crippen LogP contribution in [0.3, 0.4) is 0 Å². The number of benzene rings is 1. The molecule has 0 heterocycles. The van der Waals surface area contributed by atoms with Gasteiger partial charge in [0.2, 0.25) is 0 Å². The highest BCUT2D eigenvalue weighted by molar-refractivity contribution is 5.54. The van der Waals surface area contributed by atoms with Gasteiger partial charge in [-0.2, -0.15) is 0 Å². The number of nitrogens with zero attached hydrogens (tertiary/aromatic N) is 1. The van der Waals surface area contributed by atoms with Crippen LogP contribution in [0, 0.1) is 0 Å². The summed E-state index contributed by atoms with van der Waals surface area (Å²) in [5.74, 6) is 0. The third-order valence-electron chi connectivity index (χ3n) is 1.75. The summed E-state index contributed by atoms with van der Waals surface area (Å²) >= 11 is 0. The Labute approximate surface area is 73.3 Å². The van der Waals surface area contributed by atoms with Crippen molar-refractivity contribution in [1.82, 2.24) is 5.32 Å². The quantitative estimate of drug-likeness (QED) is 0.533. The number of aliphatic imine (C=N–C) groups is 1. The molecule has 2 heteroatoms. The number of hydrogen-bond donors (Lipinski definition) is 1. The van der Waals surface area contributed by atoms with Crippen molar-refractivity contribution in [2.45, 2.75) is 13.0 Å². The first-order valence-corrected chi connectivity index (χ1v) is 4.06. The van der Waals surface area contributed by atoms with Crippen LogP contribution < -0.4 is 5.32 Å². The van der Waals surface area contributed by atoms with Crippen LogP contribution in [0.25, 0.3) is 0 Å². The summed E-state index contributed by atoms with van der Waals surface area (Å²) in [5.41, 5.74) is 1.28. The number of hydrogen-bond acceptors (Lipinski definition) is 1. The van der Waals surface area contributed by atoms with Gasteiger partial charge in [0.25, 0.3) is 0 Å². The SMILES string of the molecule is CN=CN[C@@H](C)c1ccccc1. The van der Waals surface area contributed by atoms with Gasteiger partial charge in [0.15, 0.2) is 0 Å². The van der Waals surface area contributed by atoms with Crippen molar-refractivity contribution in [1.29, 1.82) is 0 Å². The smallest absolute Gasteiger partial charge is 0.0825 e. The fraction of sp³-hybridized carbons (Fsp3) is 0.300. The van der Waals surface area contributed by atoms with Crippen LogP contribution in [-0.4, -0.2) is 13.4 Å². The molecule has 2 nitrogen and oxygen atoms in total. The lowest BCUT2D eigenvalue weighted by atomic mass is 10.1. The first-order chi connectivity index (χ1) is 5.84. The summed E-state index contributed by atoms with van der Waals surface area (Å²) in [6.45, 7) is 2.11. The molecule has 0 unspecified atom stereocenters. The Morgan fingerprint density at radius 1 is 1.33 bits per heavy atom. The van der Waals surface area contributed by atoms with Crippen molar-refractivity contribution < 1.29 is 0 Å². The Balaban J connectivity index is 2.59. The summed E-state index contributed by atoms with van der Waals surface area (Å²) in [7, 11) is 1.75. The summed E-state index contributed by atoms with van der Waals surface area (Å²) < 4.78 is 0. The average Bonchev–Trinajstić information content (AvgIpc) is 2.15. The molecule has 0 bridgehead atoms. The minimum atomic E-state index is 0.329. The maximum absolute atomic E-state index is 3.87. The lowest BCUT2D eigenvalue weighted by Crippen LogP contribution is -2.15. The van der Waals surface area contributed by atoms with E-state index in [1.807, 2.05) is 18.2 Å². The first-order valence-electron chi connectivity index (χ1n) is 4.06.